The Bertz CT molecular complexity index is 1280. The molecule has 0 radical (unpaired) electrons. The Kier molecular flexibility index (Phi) is 4.38. The van der Waals surface area contributed by atoms with E-state index in [-0.39, 0.29) is 34.9 Å². The van der Waals surface area contributed by atoms with Crippen LogP contribution >= 0.6 is 0 Å². The second-order valence-corrected chi connectivity index (χ2v) is 8.33. The average molecular weight is 429 g/mol. The number of carbonyl (C=O) groups excluding carboxylic acids is 1. The van der Waals surface area contributed by atoms with E-state index in [9.17, 15) is 9.18 Å². The maximum absolute atomic E-state index is 14.8. The molecule has 2 aromatic heterocycles. The molecule has 8 heteroatoms. The third-order valence-electron chi connectivity index (χ3n) is 6.38. The van der Waals surface area contributed by atoms with Crippen LogP contribution in [-0.2, 0) is 0 Å². The van der Waals surface area contributed by atoms with Crippen LogP contribution < -0.4 is 5.32 Å². The van der Waals surface area contributed by atoms with Crippen LogP contribution in [0, 0.1) is 11.7 Å². The number of likely N-dealkylation sites (tertiary alicyclic amines) is 1. The van der Waals surface area contributed by atoms with E-state index in [1.54, 1.807) is 30.6 Å². The second-order valence-electron chi connectivity index (χ2n) is 8.33. The van der Waals surface area contributed by atoms with Crippen LogP contribution in [0.25, 0.3) is 22.5 Å². The lowest BCUT2D eigenvalue weighted by atomic mass is 10.0. The first-order valence-electron chi connectivity index (χ1n) is 10.7. The number of benzene rings is 2. The standard InChI is InChI=1S/C24H20FN5O2/c25-16-6-3-5-15(21(16)22-26-9-4-10-27-22)23(31)30-13-14-11-18(19(30)12-14)29-24-28-17-7-1-2-8-20(17)32-24/h1-10,14,18-19H,11-13H2,(H,28,29)/t14-,18+,19-/m0/s1. The summed E-state index contributed by atoms with van der Waals surface area (Å²) in [5.74, 6) is -0.119. The molecule has 2 fully saturated rings. The van der Waals surface area contributed by atoms with Crippen molar-refractivity contribution >= 4 is 23.0 Å². The Morgan fingerprint density at radius 3 is 2.72 bits per heavy atom. The molecule has 3 heterocycles. The number of oxazole rings is 1. The Morgan fingerprint density at radius 2 is 1.91 bits per heavy atom. The number of hydrogen-bond acceptors (Lipinski definition) is 6. The van der Waals surface area contributed by atoms with Crippen molar-refractivity contribution in [1.29, 1.82) is 0 Å². The number of anilines is 1. The number of fused-ring (bicyclic) bond motifs is 3. The molecule has 3 atom stereocenters. The smallest absolute Gasteiger partial charge is 0.295 e. The summed E-state index contributed by atoms with van der Waals surface area (Å²) >= 11 is 0. The number of rotatable bonds is 4. The molecule has 1 N–H and O–H groups in total. The molecule has 6 rings (SSSR count). The molecule has 0 spiro atoms. The van der Waals surface area contributed by atoms with E-state index >= 15 is 0 Å². The van der Waals surface area contributed by atoms with E-state index in [0.717, 1.165) is 23.9 Å². The summed E-state index contributed by atoms with van der Waals surface area (Å²) in [7, 11) is 0. The van der Waals surface area contributed by atoms with Gasteiger partial charge in [0.05, 0.1) is 23.2 Å². The highest BCUT2D eigenvalue weighted by Gasteiger charge is 2.47. The van der Waals surface area contributed by atoms with Crippen LogP contribution in [0.15, 0.2) is 65.3 Å². The zero-order chi connectivity index (χ0) is 21.7. The van der Waals surface area contributed by atoms with Gasteiger partial charge in [-0.1, -0.05) is 18.2 Å². The van der Waals surface area contributed by atoms with Crippen molar-refractivity contribution in [3.63, 3.8) is 0 Å². The quantitative estimate of drug-likeness (QED) is 0.525. The lowest BCUT2D eigenvalue weighted by Crippen LogP contribution is -2.47. The molecule has 2 aromatic carbocycles. The maximum atomic E-state index is 14.8. The Hall–Kier alpha value is -3.81. The molecule has 2 bridgehead atoms. The van der Waals surface area contributed by atoms with Crippen LogP contribution in [0.2, 0.25) is 0 Å². The molecule has 7 nitrogen and oxygen atoms in total. The van der Waals surface area contributed by atoms with Gasteiger partial charge in [0, 0.05) is 18.9 Å². The van der Waals surface area contributed by atoms with E-state index < -0.39 is 5.82 Å². The summed E-state index contributed by atoms with van der Waals surface area (Å²) in [4.78, 5) is 28.2. The molecule has 32 heavy (non-hydrogen) atoms. The van der Waals surface area contributed by atoms with Crippen molar-refractivity contribution in [2.75, 3.05) is 11.9 Å². The topological polar surface area (TPSA) is 84.2 Å². The van der Waals surface area contributed by atoms with Gasteiger partial charge < -0.3 is 14.6 Å². The van der Waals surface area contributed by atoms with Gasteiger partial charge in [-0.3, -0.25) is 4.79 Å². The fraction of sp³-hybridized carbons (Fsp3) is 0.250. The maximum Gasteiger partial charge on any atom is 0.295 e. The summed E-state index contributed by atoms with van der Waals surface area (Å²) in [5, 5.41) is 3.39. The first kappa shape index (κ1) is 18.9. The highest BCUT2D eigenvalue weighted by molar-refractivity contribution is 6.00. The lowest BCUT2D eigenvalue weighted by molar-refractivity contribution is 0.0691. The molecule has 4 aromatic rings. The molecule has 160 valence electrons. The third-order valence-corrected chi connectivity index (χ3v) is 6.38. The first-order chi connectivity index (χ1) is 15.7. The van der Waals surface area contributed by atoms with Crippen molar-refractivity contribution in [2.24, 2.45) is 5.92 Å². The number of aromatic nitrogens is 3. The molecule has 1 amide bonds. The number of piperidine rings is 1. The van der Waals surface area contributed by atoms with Crippen molar-refractivity contribution in [1.82, 2.24) is 19.9 Å². The van der Waals surface area contributed by atoms with Crippen molar-refractivity contribution < 1.29 is 13.6 Å². The summed E-state index contributed by atoms with van der Waals surface area (Å²) in [6.07, 6.45) is 4.92. The Labute approximate surface area is 183 Å². The van der Waals surface area contributed by atoms with Gasteiger partial charge in [-0.15, -0.1) is 0 Å². The number of para-hydroxylation sites is 2. The summed E-state index contributed by atoms with van der Waals surface area (Å²) in [6, 6.07) is 14.3. The van der Waals surface area contributed by atoms with Crippen molar-refractivity contribution in [3.05, 3.63) is 72.3 Å². The lowest BCUT2D eigenvalue weighted by Gasteiger charge is -2.33. The van der Waals surface area contributed by atoms with Crippen molar-refractivity contribution in [2.45, 2.75) is 24.9 Å². The second kappa shape index (κ2) is 7.40. The summed E-state index contributed by atoms with van der Waals surface area (Å²) < 4.78 is 20.6. The van der Waals surface area contributed by atoms with E-state index in [2.05, 4.69) is 20.3 Å². The van der Waals surface area contributed by atoms with Gasteiger partial charge in [-0.2, -0.15) is 4.98 Å². The molecular weight excluding hydrogens is 409 g/mol. The number of carbonyl (C=O) groups is 1. The average Bonchev–Trinajstić information content (AvgIpc) is 3.52. The highest BCUT2D eigenvalue weighted by atomic mass is 19.1. The minimum Gasteiger partial charge on any atom is -0.424 e. The zero-order valence-electron chi connectivity index (χ0n) is 17.1. The zero-order valence-corrected chi connectivity index (χ0v) is 17.1. The monoisotopic (exact) mass is 429 g/mol. The molecule has 2 aliphatic rings. The largest absolute Gasteiger partial charge is 0.424 e. The van der Waals surface area contributed by atoms with Crippen LogP contribution in [0.3, 0.4) is 0 Å². The number of nitrogens with zero attached hydrogens (tertiary/aromatic N) is 4. The van der Waals surface area contributed by atoms with E-state index in [1.165, 1.54) is 6.07 Å². The van der Waals surface area contributed by atoms with Gasteiger partial charge in [0.15, 0.2) is 11.4 Å². The normalized spacial score (nSPS) is 21.9. The predicted molar refractivity (Wildman–Crippen MR) is 116 cm³/mol. The van der Waals surface area contributed by atoms with Crippen LogP contribution in [0.5, 0.6) is 0 Å². The molecule has 1 aliphatic carbocycles. The van der Waals surface area contributed by atoms with Crippen LogP contribution in [0.1, 0.15) is 23.2 Å². The van der Waals surface area contributed by atoms with Gasteiger partial charge >= 0.3 is 0 Å². The highest BCUT2D eigenvalue weighted by Crippen LogP contribution is 2.41. The number of halogens is 1. The molecule has 1 aliphatic heterocycles. The van der Waals surface area contributed by atoms with Gasteiger partial charge in [0.1, 0.15) is 11.3 Å². The summed E-state index contributed by atoms with van der Waals surface area (Å²) in [5.41, 5.74) is 1.94. The van der Waals surface area contributed by atoms with Gasteiger partial charge in [0.2, 0.25) is 0 Å². The molecule has 1 saturated heterocycles. The van der Waals surface area contributed by atoms with Crippen LogP contribution in [-0.4, -0.2) is 44.4 Å². The number of nitrogens with one attached hydrogen (secondary N) is 1. The minimum atomic E-state index is -0.507. The molecular formula is C24H20FN5O2. The minimum absolute atomic E-state index is 0.0182. The Morgan fingerprint density at radius 1 is 1.06 bits per heavy atom. The van der Waals surface area contributed by atoms with E-state index in [0.29, 0.717) is 18.5 Å². The van der Waals surface area contributed by atoms with Crippen molar-refractivity contribution in [3.8, 4) is 11.4 Å². The first-order valence-corrected chi connectivity index (χ1v) is 10.7. The third kappa shape index (κ3) is 3.10. The fourth-order valence-electron chi connectivity index (χ4n) is 5.02. The SMILES string of the molecule is O=C(c1cccc(F)c1-c1ncccn1)N1C[C@H]2C[C@@H](Nc3nc4ccccc4o3)[C@@H]1C2. The fourth-order valence-corrected chi connectivity index (χ4v) is 5.02. The Balaban J connectivity index is 1.28. The molecule has 0 unspecified atom stereocenters. The van der Waals surface area contributed by atoms with Gasteiger partial charge in [0.25, 0.3) is 11.9 Å². The number of hydrogen-bond donors (Lipinski definition) is 1. The van der Waals surface area contributed by atoms with E-state index in [4.69, 9.17) is 4.42 Å². The summed E-state index contributed by atoms with van der Waals surface area (Å²) in [6.45, 7) is 0.654. The van der Waals surface area contributed by atoms with Crippen LogP contribution in [0.4, 0.5) is 10.4 Å². The number of amides is 1. The van der Waals surface area contributed by atoms with E-state index in [1.807, 2.05) is 29.2 Å². The predicted octanol–water partition coefficient (Wildman–Crippen LogP) is 4.14. The molecule has 1 saturated carbocycles. The van der Waals surface area contributed by atoms with Gasteiger partial charge in [-0.25, -0.2) is 14.4 Å². The van der Waals surface area contributed by atoms with Gasteiger partial charge in [-0.05, 0) is 49.1 Å².